The summed E-state index contributed by atoms with van der Waals surface area (Å²) in [4.78, 5) is 6.94. The standard InChI is InChI=1S/C17H21N3/c1-3-20(4-2)17(18-15-11-7-5-8-12-15)19-16-13-9-6-10-14-16/h5-14H,3-4H2,1-2H3,(H,18,19). The summed E-state index contributed by atoms with van der Waals surface area (Å²) in [5.41, 5.74) is 2.01. The lowest BCUT2D eigenvalue weighted by atomic mass is 10.3. The van der Waals surface area contributed by atoms with E-state index in [2.05, 4.69) is 24.1 Å². The van der Waals surface area contributed by atoms with E-state index in [9.17, 15) is 0 Å². The van der Waals surface area contributed by atoms with Gasteiger partial charge in [-0.15, -0.1) is 0 Å². The molecule has 0 atom stereocenters. The summed E-state index contributed by atoms with van der Waals surface area (Å²) >= 11 is 0. The highest BCUT2D eigenvalue weighted by Gasteiger charge is 2.08. The number of benzene rings is 2. The molecule has 0 bridgehead atoms. The molecule has 0 aliphatic carbocycles. The van der Waals surface area contributed by atoms with E-state index < -0.39 is 0 Å². The lowest BCUT2D eigenvalue weighted by Gasteiger charge is -2.24. The normalized spacial score (nSPS) is 11.2. The van der Waals surface area contributed by atoms with Crippen LogP contribution >= 0.6 is 0 Å². The first kappa shape index (κ1) is 14.1. The van der Waals surface area contributed by atoms with Crippen LogP contribution in [0.1, 0.15) is 13.8 Å². The SMILES string of the molecule is CCN(CC)C(=Nc1ccccc1)Nc1ccccc1. The number of hydrogen-bond donors (Lipinski definition) is 1. The lowest BCUT2D eigenvalue weighted by Crippen LogP contribution is -2.35. The van der Waals surface area contributed by atoms with E-state index in [4.69, 9.17) is 4.99 Å². The number of nitrogens with one attached hydrogen (secondary N) is 1. The Hall–Kier alpha value is -2.29. The minimum absolute atomic E-state index is 0.882. The highest BCUT2D eigenvalue weighted by atomic mass is 15.3. The van der Waals surface area contributed by atoms with Crippen molar-refractivity contribution in [3.63, 3.8) is 0 Å². The summed E-state index contributed by atoms with van der Waals surface area (Å²) in [5.74, 6) is 0.882. The molecule has 0 amide bonds. The van der Waals surface area contributed by atoms with Gasteiger partial charge >= 0.3 is 0 Å². The minimum Gasteiger partial charge on any atom is -0.343 e. The van der Waals surface area contributed by atoms with Gasteiger partial charge in [0, 0.05) is 18.8 Å². The van der Waals surface area contributed by atoms with Crippen molar-refractivity contribution in [2.45, 2.75) is 13.8 Å². The van der Waals surface area contributed by atoms with Crippen molar-refractivity contribution >= 4 is 17.3 Å². The average molecular weight is 267 g/mol. The Morgan fingerprint density at radius 3 is 2.00 bits per heavy atom. The van der Waals surface area contributed by atoms with Crippen molar-refractivity contribution in [2.24, 2.45) is 4.99 Å². The van der Waals surface area contributed by atoms with Crippen molar-refractivity contribution in [2.75, 3.05) is 18.4 Å². The van der Waals surface area contributed by atoms with Gasteiger partial charge in [0.2, 0.25) is 5.96 Å². The summed E-state index contributed by atoms with van der Waals surface area (Å²) in [6.45, 7) is 6.11. The van der Waals surface area contributed by atoms with Crippen molar-refractivity contribution in [3.8, 4) is 0 Å². The van der Waals surface area contributed by atoms with Crippen LogP contribution in [0.15, 0.2) is 65.7 Å². The van der Waals surface area contributed by atoms with Gasteiger partial charge in [-0.1, -0.05) is 36.4 Å². The predicted octanol–water partition coefficient (Wildman–Crippen LogP) is 4.13. The van der Waals surface area contributed by atoms with Crippen molar-refractivity contribution in [1.29, 1.82) is 0 Å². The number of nitrogens with zero attached hydrogens (tertiary/aromatic N) is 2. The Kier molecular flexibility index (Phi) is 5.18. The van der Waals surface area contributed by atoms with Gasteiger partial charge in [-0.3, -0.25) is 0 Å². The van der Waals surface area contributed by atoms with Crippen LogP contribution in [0.25, 0.3) is 0 Å². The number of anilines is 1. The molecule has 1 N–H and O–H groups in total. The first-order chi connectivity index (χ1) is 9.83. The summed E-state index contributed by atoms with van der Waals surface area (Å²) in [5, 5.41) is 3.41. The third-order valence-corrected chi connectivity index (χ3v) is 3.08. The van der Waals surface area contributed by atoms with E-state index in [1.54, 1.807) is 0 Å². The van der Waals surface area contributed by atoms with Gasteiger partial charge in [-0.2, -0.15) is 0 Å². The molecule has 0 unspecified atom stereocenters. The highest BCUT2D eigenvalue weighted by Crippen LogP contribution is 2.13. The molecular weight excluding hydrogens is 246 g/mol. The fourth-order valence-corrected chi connectivity index (χ4v) is 1.98. The number of rotatable bonds is 4. The minimum atomic E-state index is 0.882. The maximum Gasteiger partial charge on any atom is 0.203 e. The molecule has 0 saturated carbocycles. The lowest BCUT2D eigenvalue weighted by molar-refractivity contribution is 0.464. The van der Waals surface area contributed by atoms with E-state index in [1.807, 2.05) is 60.7 Å². The molecule has 0 aromatic heterocycles. The average Bonchev–Trinajstić information content (AvgIpc) is 2.50. The van der Waals surface area contributed by atoms with E-state index in [-0.39, 0.29) is 0 Å². The number of hydrogen-bond acceptors (Lipinski definition) is 1. The first-order valence-corrected chi connectivity index (χ1v) is 7.04. The summed E-state index contributed by atoms with van der Waals surface area (Å²) in [6.07, 6.45) is 0. The van der Waals surface area contributed by atoms with Gasteiger partial charge in [0.25, 0.3) is 0 Å². The molecule has 0 aliphatic heterocycles. The van der Waals surface area contributed by atoms with Crippen molar-refractivity contribution in [1.82, 2.24) is 4.90 Å². The van der Waals surface area contributed by atoms with Crippen LogP contribution in [0.2, 0.25) is 0 Å². The third-order valence-electron chi connectivity index (χ3n) is 3.08. The fraction of sp³-hybridized carbons (Fsp3) is 0.235. The second-order valence-corrected chi connectivity index (χ2v) is 4.43. The number of para-hydroxylation sites is 2. The first-order valence-electron chi connectivity index (χ1n) is 7.04. The van der Waals surface area contributed by atoms with Gasteiger partial charge in [-0.25, -0.2) is 4.99 Å². The van der Waals surface area contributed by atoms with Crippen molar-refractivity contribution in [3.05, 3.63) is 60.7 Å². The Bertz CT molecular complexity index is 531. The molecule has 104 valence electrons. The summed E-state index contributed by atoms with van der Waals surface area (Å²) in [7, 11) is 0. The molecule has 0 radical (unpaired) electrons. The Labute approximate surface area is 121 Å². The van der Waals surface area contributed by atoms with Gasteiger partial charge in [0.1, 0.15) is 0 Å². The van der Waals surface area contributed by atoms with Crippen LogP contribution in [-0.4, -0.2) is 23.9 Å². The van der Waals surface area contributed by atoms with Crippen LogP contribution < -0.4 is 5.32 Å². The molecule has 2 aromatic rings. The second-order valence-electron chi connectivity index (χ2n) is 4.43. The monoisotopic (exact) mass is 267 g/mol. The molecule has 0 spiro atoms. The van der Waals surface area contributed by atoms with Gasteiger partial charge in [0.15, 0.2) is 0 Å². The molecule has 2 rings (SSSR count). The fourth-order valence-electron chi connectivity index (χ4n) is 1.98. The van der Waals surface area contributed by atoms with Crippen LogP contribution in [0.4, 0.5) is 11.4 Å². The zero-order valence-electron chi connectivity index (χ0n) is 12.1. The second kappa shape index (κ2) is 7.34. The summed E-state index contributed by atoms with van der Waals surface area (Å²) < 4.78 is 0. The van der Waals surface area contributed by atoms with Crippen LogP contribution in [0, 0.1) is 0 Å². The molecular formula is C17H21N3. The largest absolute Gasteiger partial charge is 0.343 e. The molecule has 3 nitrogen and oxygen atoms in total. The maximum atomic E-state index is 4.73. The molecule has 0 saturated heterocycles. The van der Waals surface area contributed by atoms with E-state index >= 15 is 0 Å². The number of aliphatic imine (C=N–C) groups is 1. The Morgan fingerprint density at radius 1 is 0.900 bits per heavy atom. The Balaban J connectivity index is 2.27. The zero-order valence-corrected chi connectivity index (χ0v) is 12.1. The van der Waals surface area contributed by atoms with Crippen LogP contribution in [0.5, 0.6) is 0 Å². The van der Waals surface area contributed by atoms with Gasteiger partial charge in [-0.05, 0) is 38.1 Å². The molecule has 0 aliphatic rings. The predicted molar refractivity (Wildman–Crippen MR) is 86.5 cm³/mol. The zero-order chi connectivity index (χ0) is 14.2. The quantitative estimate of drug-likeness (QED) is 0.666. The molecule has 0 heterocycles. The van der Waals surface area contributed by atoms with Crippen LogP contribution in [0.3, 0.4) is 0 Å². The van der Waals surface area contributed by atoms with Gasteiger partial charge < -0.3 is 10.2 Å². The van der Waals surface area contributed by atoms with Gasteiger partial charge in [0.05, 0.1) is 5.69 Å². The summed E-state index contributed by atoms with van der Waals surface area (Å²) in [6, 6.07) is 20.2. The van der Waals surface area contributed by atoms with E-state index in [0.717, 1.165) is 30.4 Å². The topological polar surface area (TPSA) is 27.6 Å². The van der Waals surface area contributed by atoms with E-state index in [1.165, 1.54) is 0 Å². The molecule has 20 heavy (non-hydrogen) atoms. The smallest absolute Gasteiger partial charge is 0.203 e. The maximum absolute atomic E-state index is 4.73. The van der Waals surface area contributed by atoms with Crippen molar-refractivity contribution < 1.29 is 0 Å². The molecule has 0 fully saturated rings. The van der Waals surface area contributed by atoms with Crippen LogP contribution in [-0.2, 0) is 0 Å². The third kappa shape index (κ3) is 3.85. The highest BCUT2D eigenvalue weighted by molar-refractivity contribution is 5.95. The number of guanidine groups is 1. The molecule has 3 heteroatoms. The van der Waals surface area contributed by atoms with E-state index in [0.29, 0.717) is 0 Å². The molecule has 2 aromatic carbocycles. The Morgan fingerprint density at radius 2 is 1.45 bits per heavy atom.